The molecule has 0 saturated carbocycles. The first-order valence-corrected chi connectivity index (χ1v) is 8.59. The number of thiophene rings is 1. The number of hydrogen-bond donors (Lipinski definition) is 1. The molecule has 0 bridgehead atoms. The maximum atomic E-state index is 3.60. The molecule has 108 valence electrons. The van der Waals surface area contributed by atoms with Crippen molar-refractivity contribution in [2.24, 2.45) is 5.92 Å². The summed E-state index contributed by atoms with van der Waals surface area (Å²) in [6.45, 7) is 10.5. The molecule has 2 unspecified atom stereocenters. The predicted octanol–water partition coefficient (Wildman–Crippen LogP) is 3.91. The first-order chi connectivity index (χ1) is 9.20. The van der Waals surface area contributed by atoms with Gasteiger partial charge in [0.15, 0.2) is 0 Å². The molecule has 1 N–H and O–H groups in total. The molecular weight excluding hydrogens is 252 g/mol. The summed E-state index contributed by atoms with van der Waals surface area (Å²) in [5, 5.41) is 5.81. The molecule has 2 atom stereocenters. The molecule has 2 rings (SSSR count). The van der Waals surface area contributed by atoms with Crippen molar-refractivity contribution in [3.8, 4) is 0 Å². The molecule has 2 nitrogen and oxygen atoms in total. The number of nitrogens with one attached hydrogen (secondary N) is 1. The van der Waals surface area contributed by atoms with Crippen LogP contribution in [0.3, 0.4) is 0 Å². The molecule has 1 saturated heterocycles. The normalized spacial score (nSPS) is 22.8. The van der Waals surface area contributed by atoms with E-state index in [0.29, 0.717) is 12.1 Å². The molecule has 0 aromatic carbocycles. The van der Waals surface area contributed by atoms with Crippen LogP contribution in [0, 0.1) is 5.92 Å². The molecule has 1 aromatic rings. The van der Waals surface area contributed by atoms with Gasteiger partial charge in [0.2, 0.25) is 0 Å². The van der Waals surface area contributed by atoms with Crippen LogP contribution in [-0.4, -0.2) is 30.6 Å². The minimum absolute atomic E-state index is 0.606. The van der Waals surface area contributed by atoms with Crippen LogP contribution >= 0.6 is 11.3 Å². The van der Waals surface area contributed by atoms with Crippen LogP contribution in [0.1, 0.15) is 51.0 Å². The zero-order valence-corrected chi connectivity index (χ0v) is 13.4. The first kappa shape index (κ1) is 15.0. The fourth-order valence-corrected chi connectivity index (χ4v) is 4.01. The Bertz CT molecular complexity index is 348. The summed E-state index contributed by atoms with van der Waals surface area (Å²) in [6.07, 6.45) is 3.97. The molecule has 19 heavy (non-hydrogen) atoms. The van der Waals surface area contributed by atoms with Crippen molar-refractivity contribution in [2.45, 2.75) is 52.1 Å². The van der Waals surface area contributed by atoms with E-state index >= 15 is 0 Å². The van der Waals surface area contributed by atoms with Gasteiger partial charge >= 0.3 is 0 Å². The molecular formula is C16H28N2S. The molecule has 1 fully saturated rings. The van der Waals surface area contributed by atoms with E-state index in [4.69, 9.17) is 0 Å². The summed E-state index contributed by atoms with van der Waals surface area (Å²) < 4.78 is 0. The molecule has 0 spiro atoms. The molecule has 0 radical (unpaired) electrons. The Hall–Kier alpha value is -0.380. The quantitative estimate of drug-likeness (QED) is 0.850. The number of rotatable bonds is 6. The zero-order valence-electron chi connectivity index (χ0n) is 12.6. The molecule has 0 aliphatic carbocycles. The van der Waals surface area contributed by atoms with Crippen LogP contribution in [-0.2, 0) is 0 Å². The van der Waals surface area contributed by atoms with Crippen LogP contribution in [0.4, 0.5) is 0 Å². The van der Waals surface area contributed by atoms with Gasteiger partial charge in [0.05, 0.1) is 0 Å². The van der Waals surface area contributed by atoms with Crippen LogP contribution in [0.25, 0.3) is 0 Å². The van der Waals surface area contributed by atoms with Crippen molar-refractivity contribution in [3.05, 3.63) is 22.4 Å². The van der Waals surface area contributed by atoms with E-state index in [1.54, 1.807) is 4.88 Å². The standard InChI is InChI=1S/C16H28N2S/c1-4-15(16-8-6-10-19-16)18-9-5-7-14(12-18)11-17-13(2)3/h6,8,10,13-15,17H,4-5,7,9,11-12H2,1-3H3. The molecule has 1 aromatic heterocycles. The minimum Gasteiger partial charge on any atom is -0.314 e. The van der Waals surface area contributed by atoms with Crippen LogP contribution in [0.5, 0.6) is 0 Å². The molecule has 3 heteroatoms. The summed E-state index contributed by atoms with van der Waals surface area (Å²) in [5.74, 6) is 0.824. The lowest BCUT2D eigenvalue weighted by molar-refractivity contribution is 0.119. The Morgan fingerprint density at radius 1 is 1.47 bits per heavy atom. The van der Waals surface area contributed by atoms with E-state index in [0.717, 1.165) is 5.92 Å². The van der Waals surface area contributed by atoms with Gasteiger partial charge in [-0.25, -0.2) is 0 Å². The summed E-state index contributed by atoms with van der Waals surface area (Å²) in [6, 6.07) is 5.73. The molecule has 2 heterocycles. The van der Waals surface area contributed by atoms with E-state index in [1.807, 2.05) is 11.3 Å². The van der Waals surface area contributed by atoms with Crippen molar-refractivity contribution in [1.29, 1.82) is 0 Å². The molecule has 1 aliphatic heterocycles. The second-order valence-electron chi connectivity index (χ2n) is 6.01. The van der Waals surface area contributed by atoms with E-state index < -0.39 is 0 Å². The van der Waals surface area contributed by atoms with Gasteiger partial charge in [0.25, 0.3) is 0 Å². The number of likely N-dealkylation sites (tertiary alicyclic amines) is 1. The van der Waals surface area contributed by atoms with Gasteiger partial charge in [-0.1, -0.05) is 26.8 Å². The third-order valence-corrected chi connectivity index (χ3v) is 5.04. The second kappa shape index (κ2) is 7.41. The van der Waals surface area contributed by atoms with Crippen molar-refractivity contribution < 1.29 is 0 Å². The van der Waals surface area contributed by atoms with Gasteiger partial charge in [0.1, 0.15) is 0 Å². The van der Waals surface area contributed by atoms with Crippen molar-refractivity contribution in [3.63, 3.8) is 0 Å². The summed E-state index contributed by atoms with van der Waals surface area (Å²) >= 11 is 1.91. The molecule has 1 aliphatic rings. The monoisotopic (exact) mass is 280 g/mol. The van der Waals surface area contributed by atoms with Crippen LogP contribution in [0.15, 0.2) is 17.5 Å². The summed E-state index contributed by atoms with van der Waals surface area (Å²) in [4.78, 5) is 4.25. The highest BCUT2D eigenvalue weighted by Crippen LogP contribution is 2.31. The average Bonchev–Trinajstić information content (AvgIpc) is 2.92. The van der Waals surface area contributed by atoms with Crippen LogP contribution < -0.4 is 5.32 Å². The third kappa shape index (κ3) is 4.30. The highest BCUT2D eigenvalue weighted by Gasteiger charge is 2.26. The van der Waals surface area contributed by atoms with E-state index in [2.05, 4.69) is 48.5 Å². The average molecular weight is 280 g/mol. The lowest BCUT2D eigenvalue weighted by Gasteiger charge is -2.38. The highest BCUT2D eigenvalue weighted by atomic mass is 32.1. The first-order valence-electron chi connectivity index (χ1n) is 7.71. The number of piperidine rings is 1. The fourth-order valence-electron chi connectivity index (χ4n) is 3.07. The Balaban J connectivity index is 1.92. The van der Waals surface area contributed by atoms with Gasteiger partial charge in [-0.05, 0) is 49.7 Å². The van der Waals surface area contributed by atoms with Crippen molar-refractivity contribution in [1.82, 2.24) is 10.2 Å². The summed E-state index contributed by atoms with van der Waals surface area (Å²) in [7, 11) is 0. The van der Waals surface area contributed by atoms with Crippen molar-refractivity contribution in [2.75, 3.05) is 19.6 Å². The summed E-state index contributed by atoms with van der Waals surface area (Å²) in [5.41, 5.74) is 0. The maximum absolute atomic E-state index is 3.60. The van der Waals surface area contributed by atoms with E-state index in [-0.39, 0.29) is 0 Å². The lowest BCUT2D eigenvalue weighted by atomic mass is 9.95. The van der Waals surface area contributed by atoms with Gasteiger partial charge < -0.3 is 5.32 Å². The minimum atomic E-state index is 0.606. The number of nitrogens with zero attached hydrogens (tertiary/aromatic N) is 1. The fraction of sp³-hybridized carbons (Fsp3) is 0.750. The number of hydrogen-bond acceptors (Lipinski definition) is 3. The predicted molar refractivity (Wildman–Crippen MR) is 84.8 cm³/mol. The zero-order chi connectivity index (χ0) is 13.7. The van der Waals surface area contributed by atoms with Crippen LogP contribution in [0.2, 0.25) is 0 Å². The topological polar surface area (TPSA) is 15.3 Å². The van der Waals surface area contributed by atoms with Gasteiger partial charge in [0, 0.05) is 23.5 Å². The highest BCUT2D eigenvalue weighted by molar-refractivity contribution is 7.10. The second-order valence-corrected chi connectivity index (χ2v) is 6.98. The Kier molecular flexibility index (Phi) is 5.86. The SMILES string of the molecule is CCC(c1cccs1)N1CCCC(CNC(C)C)C1. The lowest BCUT2D eigenvalue weighted by Crippen LogP contribution is -2.42. The maximum Gasteiger partial charge on any atom is 0.0439 e. The van der Waals surface area contributed by atoms with Gasteiger partial charge in [-0.3, -0.25) is 4.90 Å². The smallest absolute Gasteiger partial charge is 0.0439 e. The van der Waals surface area contributed by atoms with E-state index in [9.17, 15) is 0 Å². The Labute approximate surface area is 122 Å². The molecule has 0 amide bonds. The Morgan fingerprint density at radius 3 is 2.95 bits per heavy atom. The van der Waals surface area contributed by atoms with E-state index in [1.165, 1.54) is 38.9 Å². The van der Waals surface area contributed by atoms with Gasteiger partial charge in [-0.2, -0.15) is 0 Å². The largest absolute Gasteiger partial charge is 0.314 e. The third-order valence-electron chi connectivity index (χ3n) is 4.06. The van der Waals surface area contributed by atoms with Gasteiger partial charge in [-0.15, -0.1) is 11.3 Å². The Morgan fingerprint density at radius 2 is 2.32 bits per heavy atom. The van der Waals surface area contributed by atoms with Crippen molar-refractivity contribution >= 4 is 11.3 Å².